The minimum absolute atomic E-state index is 0.401. The Morgan fingerprint density at radius 1 is 1.10 bits per heavy atom. The predicted molar refractivity (Wildman–Crippen MR) is 76.5 cm³/mol. The van der Waals surface area contributed by atoms with Crippen LogP contribution in [0.15, 0.2) is 48.8 Å². The molecule has 3 N–H and O–H groups in total. The number of carbonyl (C=O) groups is 2. The van der Waals surface area contributed by atoms with Gasteiger partial charge >= 0.3 is 12.0 Å². The van der Waals surface area contributed by atoms with Crippen LogP contribution < -0.4 is 15.4 Å². The molecule has 0 radical (unpaired) electrons. The fourth-order valence-electron chi connectivity index (χ4n) is 1.51. The van der Waals surface area contributed by atoms with Gasteiger partial charge in [0.2, 0.25) is 0 Å². The van der Waals surface area contributed by atoms with Crippen molar-refractivity contribution in [1.29, 1.82) is 0 Å². The summed E-state index contributed by atoms with van der Waals surface area (Å²) >= 11 is 0. The van der Waals surface area contributed by atoms with Crippen LogP contribution in [0.2, 0.25) is 0 Å². The van der Waals surface area contributed by atoms with E-state index in [9.17, 15) is 9.59 Å². The third-order valence-electron chi connectivity index (χ3n) is 2.39. The molecule has 0 aliphatic rings. The lowest BCUT2D eigenvalue weighted by atomic mass is 10.3. The molecule has 0 atom stereocenters. The highest BCUT2D eigenvalue weighted by atomic mass is 16.5. The monoisotopic (exact) mass is 287 g/mol. The largest absolute Gasteiger partial charge is 0.482 e. The summed E-state index contributed by atoms with van der Waals surface area (Å²) in [5, 5.41) is 13.7. The minimum Gasteiger partial charge on any atom is -0.482 e. The van der Waals surface area contributed by atoms with Gasteiger partial charge in [0.15, 0.2) is 6.61 Å². The van der Waals surface area contributed by atoms with Gasteiger partial charge in [-0.3, -0.25) is 4.98 Å². The second-order valence-corrected chi connectivity index (χ2v) is 4.03. The third-order valence-corrected chi connectivity index (χ3v) is 2.39. The highest BCUT2D eigenvalue weighted by Gasteiger charge is 2.03. The lowest BCUT2D eigenvalue weighted by molar-refractivity contribution is -0.139. The number of nitrogens with zero attached hydrogens (tertiary/aromatic N) is 1. The van der Waals surface area contributed by atoms with Crippen LogP contribution in [0.1, 0.15) is 0 Å². The number of carboxylic acid groups (broad SMARTS) is 1. The number of carboxylic acids is 1. The summed E-state index contributed by atoms with van der Waals surface area (Å²) < 4.78 is 4.99. The molecule has 0 unspecified atom stereocenters. The van der Waals surface area contributed by atoms with Crippen molar-refractivity contribution in [2.75, 3.05) is 17.2 Å². The standard InChI is InChI=1S/C14H13N3O4/c18-13(19)9-21-12-5-3-10(4-6-12)16-14(20)17-11-2-1-7-15-8-11/h1-8H,9H2,(H,18,19)(H2,16,17,20). The molecule has 2 amide bonds. The maximum atomic E-state index is 11.7. The average Bonchev–Trinajstić information content (AvgIpc) is 2.47. The van der Waals surface area contributed by atoms with Crippen molar-refractivity contribution < 1.29 is 19.4 Å². The Bertz CT molecular complexity index is 614. The van der Waals surface area contributed by atoms with Gasteiger partial charge in [-0.25, -0.2) is 9.59 Å². The Labute approximate surface area is 120 Å². The molecule has 2 aromatic rings. The van der Waals surface area contributed by atoms with E-state index in [1.54, 1.807) is 42.6 Å². The Kier molecular flexibility index (Phi) is 4.70. The summed E-state index contributed by atoms with van der Waals surface area (Å²) in [5.41, 5.74) is 1.13. The van der Waals surface area contributed by atoms with Gasteiger partial charge < -0.3 is 20.5 Å². The number of ether oxygens (including phenoxy) is 1. The number of pyridine rings is 1. The van der Waals surface area contributed by atoms with E-state index in [4.69, 9.17) is 9.84 Å². The van der Waals surface area contributed by atoms with Gasteiger partial charge in [0.05, 0.1) is 11.9 Å². The molecule has 0 fully saturated rings. The Morgan fingerprint density at radius 3 is 2.43 bits per heavy atom. The van der Waals surface area contributed by atoms with Crippen molar-refractivity contribution in [1.82, 2.24) is 4.98 Å². The van der Waals surface area contributed by atoms with E-state index in [1.807, 2.05) is 0 Å². The molecule has 0 aliphatic carbocycles. The predicted octanol–water partition coefficient (Wildman–Crippen LogP) is 2.19. The van der Waals surface area contributed by atoms with E-state index in [0.717, 1.165) is 0 Å². The Hall–Kier alpha value is -3.09. The molecule has 108 valence electrons. The van der Waals surface area contributed by atoms with E-state index in [0.29, 0.717) is 17.1 Å². The summed E-state index contributed by atoms with van der Waals surface area (Å²) in [6, 6.07) is 9.40. The van der Waals surface area contributed by atoms with E-state index in [-0.39, 0.29) is 0 Å². The van der Waals surface area contributed by atoms with Gasteiger partial charge in [-0.15, -0.1) is 0 Å². The number of nitrogens with one attached hydrogen (secondary N) is 2. The van der Waals surface area contributed by atoms with Gasteiger partial charge in [0, 0.05) is 11.9 Å². The van der Waals surface area contributed by atoms with Gasteiger partial charge in [-0.2, -0.15) is 0 Å². The maximum absolute atomic E-state index is 11.7. The third kappa shape index (κ3) is 4.83. The zero-order valence-corrected chi connectivity index (χ0v) is 10.9. The second kappa shape index (κ2) is 6.90. The first-order chi connectivity index (χ1) is 10.1. The van der Waals surface area contributed by atoms with E-state index < -0.39 is 18.6 Å². The fraction of sp³-hybridized carbons (Fsp3) is 0.0714. The summed E-state index contributed by atoms with van der Waals surface area (Å²) in [6.07, 6.45) is 3.14. The smallest absolute Gasteiger partial charge is 0.341 e. The van der Waals surface area contributed by atoms with Crippen molar-refractivity contribution in [3.63, 3.8) is 0 Å². The van der Waals surface area contributed by atoms with Crippen LogP contribution >= 0.6 is 0 Å². The van der Waals surface area contributed by atoms with Crippen LogP contribution in [0.4, 0.5) is 16.2 Å². The quantitative estimate of drug-likeness (QED) is 0.782. The highest BCUT2D eigenvalue weighted by Crippen LogP contribution is 2.16. The van der Waals surface area contributed by atoms with Crippen LogP contribution in [0.3, 0.4) is 0 Å². The molecule has 0 aliphatic heterocycles. The van der Waals surface area contributed by atoms with Crippen molar-refractivity contribution >= 4 is 23.4 Å². The molecule has 0 saturated heterocycles. The van der Waals surface area contributed by atoms with Crippen molar-refractivity contribution in [2.45, 2.75) is 0 Å². The molecule has 2 rings (SSSR count). The lowest BCUT2D eigenvalue weighted by Gasteiger charge is -2.08. The number of aromatic nitrogens is 1. The fourth-order valence-corrected chi connectivity index (χ4v) is 1.51. The first kappa shape index (κ1) is 14.3. The molecule has 0 saturated carbocycles. The lowest BCUT2D eigenvalue weighted by Crippen LogP contribution is -2.19. The number of hydrogen-bond acceptors (Lipinski definition) is 4. The molecule has 7 heteroatoms. The van der Waals surface area contributed by atoms with Crippen molar-refractivity contribution in [3.8, 4) is 5.75 Å². The van der Waals surface area contributed by atoms with E-state index in [1.165, 1.54) is 6.20 Å². The first-order valence-corrected chi connectivity index (χ1v) is 6.06. The zero-order chi connectivity index (χ0) is 15.1. The summed E-state index contributed by atoms with van der Waals surface area (Å²) in [7, 11) is 0. The molecule has 1 heterocycles. The topological polar surface area (TPSA) is 101 Å². The molecule has 0 bridgehead atoms. The number of aliphatic carboxylic acids is 1. The van der Waals surface area contributed by atoms with E-state index in [2.05, 4.69) is 15.6 Å². The van der Waals surface area contributed by atoms with Gasteiger partial charge in [-0.1, -0.05) is 0 Å². The normalized spacial score (nSPS) is 9.71. The number of urea groups is 1. The van der Waals surface area contributed by atoms with Crippen LogP contribution in [0, 0.1) is 0 Å². The molecular formula is C14H13N3O4. The number of anilines is 2. The number of carbonyl (C=O) groups excluding carboxylic acids is 1. The average molecular weight is 287 g/mol. The maximum Gasteiger partial charge on any atom is 0.341 e. The summed E-state index contributed by atoms with van der Waals surface area (Å²) in [4.78, 5) is 26.0. The molecule has 21 heavy (non-hydrogen) atoms. The van der Waals surface area contributed by atoms with Crippen molar-refractivity contribution in [3.05, 3.63) is 48.8 Å². The van der Waals surface area contributed by atoms with E-state index >= 15 is 0 Å². The Balaban J connectivity index is 1.88. The van der Waals surface area contributed by atoms with Crippen LogP contribution in [0.5, 0.6) is 5.75 Å². The van der Waals surface area contributed by atoms with Gasteiger partial charge in [-0.05, 0) is 36.4 Å². The molecule has 1 aromatic carbocycles. The summed E-state index contributed by atoms with van der Waals surface area (Å²) in [5.74, 6) is -0.635. The van der Waals surface area contributed by atoms with Gasteiger partial charge in [0.1, 0.15) is 5.75 Å². The van der Waals surface area contributed by atoms with Gasteiger partial charge in [0.25, 0.3) is 0 Å². The molecule has 0 spiro atoms. The number of amides is 2. The second-order valence-electron chi connectivity index (χ2n) is 4.03. The Morgan fingerprint density at radius 2 is 1.81 bits per heavy atom. The molecular weight excluding hydrogens is 274 g/mol. The number of hydrogen-bond donors (Lipinski definition) is 3. The molecule has 7 nitrogen and oxygen atoms in total. The SMILES string of the molecule is O=C(O)COc1ccc(NC(=O)Nc2cccnc2)cc1. The van der Waals surface area contributed by atoms with Crippen LogP contribution in [-0.2, 0) is 4.79 Å². The van der Waals surface area contributed by atoms with Crippen LogP contribution in [0.25, 0.3) is 0 Å². The van der Waals surface area contributed by atoms with Crippen molar-refractivity contribution in [2.24, 2.45) is 0 Å². The minimum atomic E-state index is -1.05. The molecule has 1 aromatic heterocycles. The zero-order valence-electron chi connectivity index (χ0n) is 10.9. The highest BCUT2D eigenvalue weighted by molar-refractivity contribution is 5.99. The van der Waals surface area contributed by atoms with Crippen LogP contribution in [-0.4, -0.2) is 28.7 Å². The summed E-state index contributed by atoms with van der Waals surface area (Å²) in [6.45, 7) is -0.408. The number of rotatable bonds is 5. The number of benzene rings is 1. The first-order valence-electron chi connectivity index (χ1n) is 6.06.